The zero-order valence-electron chi connectivity index (χ0n) is 12.5. The van der Waals surface area contributed by atoms with Gasteiger partial charge in [0.25, 0.3) is 0 Å². The van der Waals surface area contributed by atoms with Gasteiger partial charge in [0, 0.05) is 19.6 Å². The largest absolute Gasteiger partial charge is 0.401 e. The number of likely N-dealkylation sites (tertiary alicyclic amines) is 1. The maximum atomic E-state index is 12.5. The molecule has 0 aliphatic carbocycles. The Balaban J connectivity index is 1.80. The van der Waals surface area contributed by atoms with Crippen molar-refractivity contribution in [1.29, 1.82) is 0 Å². The lowest BCUT2D eigenvalue weighted by Crippen LogP contribution is -2.43. The first-order chi connectivity index (χ1) is 9.89. The Morgan fingerprint density at radius 1 is 1.38 bits per heavy atom. The fourth-order valence-corrected chi connectivity index (χ4v) is 3.22. The number of carbonyl (C=O) groups excluding carboxylic acids is 1. The Morgan fingerprint density at radius 3 is 2.71 bits per heavy atom. The molecule has 2 saturated heterocycles. The number of hydrogen-bond donors (Lipinski definition) is 1. The summed E-state index contributed by atoms with van der Waals surface area (Å²) in [5.41, 5.74) is 0. The molecule has 0 aromatic carbocycles. The van der Waals surface area contributed by atoms with E-state index in [4.69, 9.17) is 0 Å². The third-order valence-corrected chi connectivity index (χ3v) is 4.32. The number of nitrogens with zero attached hydrogens (tertiary/aromatic N) is 2. The number of alkyl halides is 3. The summed E-state index contributed by atoms with van der Waals surface area (Å²) in [5.74, 6) is 0.270. The molecular weight excluding hydrogens is 283 g/mol. The van der Waals surface area contributed by atoms with Gasteiger partial charge in [0.15, 0.2) is 0 Å². The summed E-state index contributed by atoms with van der Waals surface area (Å²) in [5, 5.41) is 3.18. The smallest absolute Gasteiger partial charge is 0.341 e. The Morgan fingerprint density at radius 2 is 2.14 bits per heavy atom. The van der Waals surface area contributed by atoms with E-state index in [0.717, 1.165) is 25.8 Å². The Bertz CT molecular complexity index is 356. The predicted octanol–water partition coefficient (Wildman–Crippen LogP) is 1.47. The first-order valence-electron chi connectivity index (χ1n) is 7.70. The lowest BCUT2D eigenvalue weighted by molar-refractivity contribution is -0.146. The molecule has 2 atom stereocenters. The van der Waals surface area contributed by atoms with E-state index in [9.17, 15) is 18.0 Å². The fourth-order valence-electron chi connectivity index (χ4n) is 3.22. The maximum Gasteiger partial charge on any atom is 0.401 e. The van der Waals surface area contributed by atoms with E-state index in [1.54, 1.807) is 6.92 Å². The van der Waals surface area contributed by atoms with Gasteiger partial charge < -0.3 is 10.2 Å². The van der Waals surface area contributed by atoms with E-state index in [1.165, 1.54) is 4.90 Å². The lowest BCUT2D eigenvalue weighted by atomic mass is 10.1. The van der Waals surface area contributed by atoms with Crippen LogP contribution < -0.4 is 5.32 Å². The van der Waals surface area contributed by atoms with Gasteiger partial charge in [0.05, 0.1) is 12.6 Å². The van der Waals surface area contributed by atoms with Crippen molar-refractivity contribution in [2.45, 2.75) is 38.4 Å². The molecule has 0 bridgehead atoms. The standard InChI is InChI=1S/C14H24F3N3O/c1-2-19(10-14(15,16)17)8-11-5-7-20(9-11)13(21)12-4-3-6-18-12/h11-12,18H,2-10H2,1H3/t11?,12-/m0/s1. The summed E-state index contributed by atoms with van der Waals surface area (Å²) in [7, 11) is 0. The van der Waals surface area contributed by atoms with Crippen LogP contribution in [0.5, 0.6) is 0 Å². The van der Waals surface area contributed by atoms with Gasteiger partial charge in [-0.1, -0.05) is 6.92 Å². The van der Waals surface area contributed by atoms with Crippen LogP contribution in [-0.4, -0.2) is 67.2 Å². The highest BCUT2D eigenvalue weighted by atomic mass is 19.4. The minimum absolute atomic E-state index is 0.0822. The van der Waals surface area contributed by atoms with Crippen LogP contribution in [0.2, 0.25) is 0 Å². The van der Waals surface area contributed by atoms with Gasteiger partial charge in [-0.2, -0.15) is 13.2 Å². The molecule has 122 valence electrons. The molecule has 4 nitrogen and oxygen atoms in total. The van der Waals surface area contributed by atoms with Crippen LogP contribution in [0.15, 0.2) is 0 Å². The molecule has 2 aliphatic rings. The third-order valence-electron chi connectivity index (χ3n) is 4.32. The van der Waals surface area contributed by atoms with Gasteiger partial charge in [-0.3, -0.25) is 9.69 Å². The number of hydrogen-bond acceptors (Lipinski definition) is 3. The number of rotatable bonds is 5. The molecule has 0 spiro atoms. The van der Waals surface area contributed by atoms with Crippen molar-refractivity contribution in [1.82, 2.24) is 15.1 Å². The van der Waals surface area contributed by atoms with Crippen molar-refractivity contribution in [2.24, 2.45) is 5.92 Å². The molecule has 2 aliphatic heterocycles. The summed E-state index contributed by atoms with van der Waals surface area (Å²) in [6, 6.07) is -0.0822. The van der Waals surface area contributed by atoms with Gasteiger partial charge in [0.2, 0.25) is 5.91 Å². The third kappa shape index (κ3) is 4.85. The summed E-state index contributed by atoms with van der Waals surface area (Å²) in [6.45, 7) is 3.82. The number of halogens is 3. The predicted molar refractivity (Wildman–Crippen MR) is 73.9 cm³/mol. The van der Waals surface area contributed by atoms with Crippen LogP contribution >= 0.6 is 0 Å². The van der Waals surface area contributed by atoms with Gasteiger partial charge in [-0.15, -0.1) is 0 Å². The molecule has 0 radical (unpaired) electrons. The normalized spacial score (nSPS) is 26.8. The number of nitrogens with one attached hydrogen (secondary N) is 1. The van der Waals surface area contributed by atoms with E-state index in [1.807, 2.05) is 4.90 Å². The molecule has 0 aromatic rings. The van der Waals surface area contributed by atoms with Gasteiger partial charge >= 0.3 is 6.18 Å². The summed E-state index contributed by atoms with van der Waals surface area (Å²) in [4.78, 5) is 15.5. The topological polar surface area (TPSA) is 35.6 Å². The molecule has 2 rings (SSSR count). The minimum atomic E-state index is -4.15. The molecule has 0 aromatic heterocycles. The molecule has 2 heterocycles. The quantitative estimate of drug-likeness (QED) is 0.835. The second kappa shape index (κ2) is 6.96. The average Bonchev–Trinajstić information content (AvgIpc) is 3.06. The van der Waals surface area contributed by atoms with Gasteiger partial charge in [-0.05, 0) is 38.3 Å². The monoisotopic (exact) mass is 307 g/mol. The zero-order chi connectivity index (χ0) is 15.5. The molecule has 1 unspecified atom stereocenters. The second-order valence-corrected chi connectivity index (χ2v) is 6.03. The van der Waals surface area contributed by atoms with Gasteiger partial charge in [-0.25, -0.2) is 0 Å². The van der Waals surface area contributed by atoms with E-state index in [-0.39, 0.29) is 17.9 Å². The van der Waals surface area contributed by atoms with Crippen LogP contribution in [0.1, 0.15) is 26.2 Å². The number of carbonyl (C=O) groups is 1. The summed E-state index contributed by atoms with van der Waals surface area (Å²) in [6.07, 6.45) is -1.47. The summed E-state index contributed by atoms with van der Waals surface area (Å²) >= 11 is 0. The first-order valence-corrected chi connectivity index (χ1v) is 7.70. The van der Waals surface area contributed by atoms with Crippen molar-refractivity contribution in [2.75, 3.05) is 39.3 Å². The van der Waals surface area contributed by atoms with Crippen molar-refractivity contribution >= 4 is 5.91 Å². The second-order valence-electron chi connectivity index (χ2n) is 6.03. The maximum absolute atomic E-state index is 12.5. The molecule has 21 heavy (non-hydrogen) atoms. The molecule has 1 amide bonds. The first kappa shape index (κ1) is 16.5. The SMILES string of the molecule is CCN(CC1CCN(C(=O)[C@@H]2CCCN2)C1)CC(F)(F)F. The molecule has 7 heteroatoms. The van der Waals surface area contributed by atoms with E-state index >= 15 is 0 Å². The number of amides is 1. The molecule has 0 saturated carbocycles. The lowest BCUT2D eigenvalue weighted by Gasteiger charge is -2.25. The Labute approximate surface area is 123 Å². The highest BCUT2D eigenvalue weighted by Gasteiger charge is 2.35. The van der Waals surface area contributed by atoms with Crippen LogP contribution in [0.3, 0.4) is 0 Å². The van der Waals surface area contributed by atoms with E-state index in [2.05, 4.69) is 5.32 Å². The van der Waals surface area contributed by atoms with E-state index < -0.39 is 12.7 Å². The molecule has 2 fully saturated rings. The minimum Gasteiger partial charge on any atom is -0.341 e. The van der Waals surface area contributed by atoms with Crippen molar-refractivity contribution < 1.29 is 18.0 Å². The highest BCUT2D eigenvalue weighted by Crippen LogP contribution is 2.22. The van der Waals surface area contributed by atoms with Crippen LogP contribution in [-0.2, 0) is 4.79 Å². The van der Waals surface area contributed by atoms with Crippen LogP contribution in [0.25, 0.3) is 0 Å². The summed E-state index contributed by atoms with van der Waals surface area (Å²) < 4.78 is 37.4. The van der Waals surface area contributed by atoms with Crippen molar-refractivity contribution in [3.05, 3.63) is 0 Å². The Kier molecular flexibility index (Phi) is 5.48. The van der Waals surface area contributed by atoms with Crippen molar-refractivity contribution in [3.8, 4) is 0 Å². The zero-order valence-corrected chi connectivity index (χ0v) is 12.5. The molecular formula is C14H24F3N3O. The Hall–Kier alpha value is -0.820. The van der Waals surface area contributed by atoms with E-state index in [0.29, 0.717) is 26.2 Å². The van der Waals surface area contributed by atoms with Crippen LogP contribution in [0, 0.1) is 5.92 Å². The highest BCUT2D eigenvalue weighted by molar-refractivity contribution is 5.82. The van der Waals surface area contributed by atoms with Crippen molar-refractivity contribution in [3.63, 3.8) is 0 Å². The van der Waals surface area contributed by atoms with Gasteiger partial charge in [0.1, 0.15) is 0 Å². The average molecular weight is 307 g/mol. The van der Waals surface area contributed by atoms with Crippen LogP contribution in [0.4, 0.5) is 13.2 Å². The fraction of sp³-hybridized carbons (Fsp3) is 0.929. The molecule has 1 N–H and O–H groups in total.